The highest BCUT2D eigenvalue weighted by molar-refractivity contribution is 5.28. The highest BCUT2D eigenvalue weighted by atomic mass is 16.5. The second kappa shape index (κ2) is 5.63. The number of methoxy groups -OCH3 is 1. The van der Waals surface area contributed by atoms with Crippen LogP contribution in [0.5, 0.6) is 5.75 Å². The van der Waals surface area contributed by atoms with Crippen LogP contribution in [0.4, 0.5) is 0 Å². The van der Waals surface area contributed by atoms with E-state index in [-0.39, 0.29) is 0 Å². The highest BCUT2D eigenvalue weighted by Gasteiger charge is 2.16. The van der Waals surface area contributed by atoms with Crippen LogP contribution in [0.1, 0.15) is 5.56 Å². The van der Waals surface area contributed by atoms with Crippen LogP contribution in [0.2, 0.25) is 0 Å². The number of piperazine rings is 1. The Morgan fingerprint density at radius 1 is 1.29 bits per heavy atom. The van der Waals surface area contributed by atoms with Gasteiger partial charge in [-0.3, -0.25) is 9.91 Å². The highest BCUT2D eigenvalue weighted by Crippen LogP contribution is 2.15. The summed E-state index contributed by atoms with van der Waals surface area (Å²) in [5, 5.41) is 4.52. The van der Waals surface area contributed by atoms with E-state index >= 15 is 0 Å². The molecule has 0 bridgehead atoms. The van der Waals surface area contributed by atoms with E-state index in [4.69, 9.17) is 4.74 Å². The zero-order valence-electron chi connectivity index (χ0n) is 10.0. The smallest absolute Gasteiger partial charge is 0.119 e. The minimum absolute atomic E-state index is 0.716. The van der Waals surface area contributed by atoms with Crippen LogP contribution < -0.4 is 4.74 Å². The lowest BCUT2D eigenvalue weighted by Crippen LogP contribution is -2.43. The van der Waals surface area contributed by atoms with E-state index in [1.165, 1.54) is 5.56 Å². The van der Waals surface area contributed by atoms with E-state index in [2.05, 4.69) is 16.3 Å². The summed E-state index contributed by atoms with van der Waals surface area (Å²) in [6, 6.07) is 8.08. The Balaban J connectivity index is 1.90. The third-order valence-electron chi connectivity index (χ3n) is 3.00. The maximum atomic E-state index is 10.3. The largest absolute Gasteiger partial charge is 0.497 e. The van der Waals surface area contributed by atoms with Crippen molar-refractivity contribution in [1.82, 2.24) is 9.91 Å². The van der Waals surface area contributed by atoms with Crippen LogP contribution in [-0.2, 0) is 6.54 Å². The van der Waals surface area contributed by atoms with Gasteiger partial charge in [0.15, 0.2) is 0 Å². The fourth-order valence-electron chi connectivity index (χ4n) is 2.01. The Bertz CT molecular complexity index is 376. The van der Waals surface area contributed by atoms with Crippen molar-refractivity contribution in [2.75, 3.05) is 33.3 Å². The number of benzene rings is 1. The molecule has 1 aromatic rings. The van der Waals surface area contributed by atoms with Crippen LogP contribution in [0, 0.1) is 4.91 Å². The van der Waals surface area contributed by atoms with Crippen molar-refractivity contribution in [1.29, 1.82) is 0 Å². The molecule has 1 heterocycles. The summed E-state index contributed by atoms with van der Waals surface area (Å²) in [6.07, 6.45) is 0. The number of ether oxygens (including phenoxy) is 1. The first-order chi connectivity index (χ1) is 8.31. The van der Waals surface area contributed by atoms with Crippen LogP contribution in [0.3, 0.4) is 0 Å². The average Bonchev–Trinajstić information content (AvgIpc) is 2.40. The van der Waals surface area contributed by atoms with Gasteiger partial charge in [0, 0.05) is 19.6 Å². The van der Waals surface area contributed by atoms with Crippen LogP contribution in [-0.4, -0.2) is 43.2 Å². The Morgan fingerprint density at radius 2 is 2.06 bits per heavy atom. The lowest BCUT2D eigenvalue weighted by molar-refractivity contribution is 0.129. The summed E-state index contributed by atoms with van der Waals surface area (Å²) in [5.74, 6) is 0.885. The molecule has 0 N–H and O–H groups in total. The summed E-state index contributed by atoms with van der Waals surface area (Å²) < 4.78 is 5.20. The summed E-state index contributed by atoms with van der Waals surface area (Å²) in [7, 11) is 1.67. The molecule has 0 saturated carbocycles. The summed E-state index contributed by atoms with van der Waals surface area (Å²) in [4.78, 5) is 12.7. The van der Waals surface area contributed by atoms with E-state index in [1.807, 2.05) is 18.2 Å². The predicted molar refractivity (Wildman–Crippen MR) is 65.6 cm³/mol. The number of rotatable bonds is 4. The average molecular weight is 235 g/mol. The van der Waals surface area contributed by atoms with E-state index < -0.39 is 0 Å². The molecule has 0 atom stereocenters. The molecule has 1 aliphatic rings. The van der Waals surface area contributed by atoms with E-state index in [9.17, 15) is 4.91 Å². The van der Waals surface area contributed by atoms with Crippen molar-refractivity contribution in [3.05, 3.63) is 34.7 Å². The fourth-order valence-corrected chi connectivity index (χ4v) is 2.01. The van der Waals surface area contributed by atoms with E-state index in [1.54, 1.807) is 12.1 Å². The molecule has 17 heavy (non-hydrogen) atoms. The van der Waals surface area contributed by atoms with Crippen molar-refractivity contribution in [2.24, 2.45) is 5.29 Å². The minimum Gasteiger partial charge on any atom is -0.497 e. The van der Waals surface area contributed by atoms with Gasteiger partial charge in [-0.2, -0.15) is 0 Å². The second-order valence-corrected chi connectivity index (χ2v) is 4.16. The summed E-state index contributed by atoms with van der Waals surface area (Å²) >= 11 is 0. The first-order valence-electron chi connectivity index (χ1n) is 5.75. The molecule has 5 heteroatoms. The molecule has 92 valence electrons. The van der Waals surface area contributed by atoms with Gasteiger partial charge in [-0.15, -0.1) is 4.91 Å². The van der Waals surface area contributed by atoms with E-state index in [0.29, 0.717) is 13.1 Å². The monoisotopic (exact) mass is 235 g/mol. The molecule has 2 rings (SSSR count). The normalized spacial score (nSPS) is 16.9. The van der Waals surface area contributed by atoms with Gasteiger partial charge in [-0.25, -0.2) is 0 Å². The quantitative estimate of drug-likeness (QED) is 0.742. The molecule has 1 aromatic carbocycles. The number of hydrogen-bond donors (Lipinski definition) is 0. The third-order valence-corrected chi connectivity index (χ3v) is 3.00. The maximum absolute atomic E-state index is 10.3. The third kappa shape index (κ3) is 3.17. The lowest BCUT2D eigenvalue weighted by atomic mass is 10.2. The SMILES string of the molecule is COc1cccc(CN2CCN(N=O)CC2)c1. The van der Waals surface area contributed by atoms with Gasteiger partial charge in [0.05, 0.1) is 25.5 Å². The Labute approximate surface area is 101 Å². The number of hydrogen-bond acceptors (Lipinski definition) is 4. The van der Waals surface area contributed by atoms with Crippen molar-refractivity contribution in [2.45, 2.75) is 6.54 Å². The molecule has 1 fully saturated rings. The maximum Gasteiger partial charge on any atom is 0.119 e. The summed E-state index contributed by atoms with van der Waals surface area (Å²) in [6.45, 7) is 4.08. The van der Waals surface area contributed by atoms with Crippen molar-refractivity contribution >= 4 is 0 Å². The molecule has 0 spiro atoms. The Kier molecular flexibility index (Phi) is 3.93. The predicted octanol–water partition coefficient (Wildman–Crippen LogP) is 1.49. The number of nitroso groups, excluding NO2 is 1. The van der Waals surface area contributed by atoms with Crippen LogP contribution in [0.25, 0.3) is 0 Å². The van der Waals surface area contributed by atoms with Gasteiger partial charge >= 0.3 is 0 Å². The van der Waals surface area contributed by atoms with Crippen LogP contribution >= 0.6 is 0 Å². The van der Waals surface area contributed by atoms with Gasteiger partial charge in [0.25, 0.3) is 0 Å². The Morgan fingerprint density at radius 3 is 2.71 bits per heavy atom. The van der Waals surface area contributed by atoms with Crippen molar-refractivity contribution in [3.63, 3.8) is 0 Å². The van der Waals surface area contributed by atoms with Gasteiger partial charge < -0.3 is 4.74 Å². The van der Waals surface area contributed by atoms with E-state index in [0.717, 1.165) is 25.4 Å². The molecule has 5 nitrogen and oxygen atoms in total. The molecule has 1 saturated heterocycles. The standard InChI is InChI=1S/C12H17N3O2/c1-17-12-4-2-3-11(9-12)10-14-5-7-15(13-16)8-6-14/h2-4,9H,5-8,10H2,1H3. The molecule has 0 aromatic heterocycles. The second-order valence-electron chi connectivity index (χ2n) is 4.16. The fraction of sp³-hybridized carbons (Fsp3) is 0.500. The number of nitrogens with zero attached hydrogens (tertiary/aromatic N) is 3. The zero-order chi connectivity index (χ0) is 12.1. The summed E-state index contributed by atoms with van der Waals surface area (Å²) in [5.41, 5.74) is 1.23. The lowest BCUT2D eigenvalue weighted by Gasteiger charge is -2.31. The topological polar surface area (TPSA) is 45.1 Å². The molecule has 0 unspecified atom stereocenters. The molecular formula is C12H17N3O2. The van der Waals surface area contributed by atoms with Crippen LogP contribution in [0.15, 0.2) is 29.6 Å². The molecule has 1 aliphatic heterocycles. The zero-order valence-corrected chi connectivity index (χ0v) is 10.0. The van der Waals surface area contributed by atoms with Gasteiger partial charge in [-0.05, 0) is 17.7 Å². The van der Waals surface area contributed by atoms with Crippen molar-refractivity contribution < 1.29 is 4.74 Å². The minimum atomic E-state index is 0.716. The van der Waals surface area contributed by atoms with Gasteiger partial charge in [0.2, 0.25) is 0 Å². The molecule has 0 aliphatic carbocycles. The van der Waals surface area contributed by atoms with Gasteiger partial charge in [0.1, 0.15) is 5.75 Å². The molecular weight excluding hydrogens is 218 g/mol. The molecule has 0 amide bonds. The van der Waals surface area contributed by atoms with Gasteiger partial charge in [-0.1, -0.05) is 12.1 Å². The Hall–Kier alpha value is -1.62. The van der Waals surface area contributed by atoms with Crippen molar-refractivity contribution in [3.8, 4) is 5.75 Å². The first-order valence-corrected chi connectivity index (χ1v) is 5.75. The first kappa shape index (κ1) is 11.9. The molecule has 0 radical (unpaired) electrons.